The van der Waals surface area contributed by atoms with Crippen LogP contribution >= 0.6 is 0 Å². The van der Waals surface area contributed by atoms with E-state index in [4.69, 9.17) is 0 Å². The number of amides is 1. The average molecular weight is 270 g/mol. The third-order valence-electron chi connectivity index (χ3n) is 4.30. The maximum atomic E-state index is 11.7. The zero-order chi connectivity index (χ0) is 14.3. The van der Waals surface area contributed by atoms with Gasteiger partial charge < -0.3 is 15.7 Å². The summed E-state index contributed by atoms with van der Waals surface area (Å²) in [5.74, 6) is 0.750. The molecule has 112 valence electrons. The molecule has 0 saturated heterocycles. The Morgan fingerprint density at radius 3 is 2.42 bits per heavy atom. The van der Waals surface area contributed by atoms with E-state index in [1.54, 1.807) is 0 Å². The molecule has 19 heavy (non-hydrogen) atoms. The monoisotopic (exact) mass is 270 g/mol. The smallest absolute Gasteiger partial charge is 0.234 e. The first-order valence-electron chi connectivity index (χ1n) is 7.71. The van der Waals surface area contributed by atoms with Gasteiger partial charge in [0.05, 0.1) is 12.1 Å². The number of carbonyl (C=O) groups excluding carboxylic acids is 1. The number of aliphatic hydroxyl groups is 1. The minimum Gasteiger partial charge on any atom is -0.389 e. The largest absolute Gasteiger partial charge is 0.389 e. The molecule has 0 heterocycles. The second kappa shape index (κ2) is 7.85. The maximum Gasteiger partial charge on any atom is 0.234 e. The van der Waals surface area contributed by atoms with Crippen LogP contribution in [0.2, 0.25) is 0 Å². The molecule has 0 radical (unpaired) electrons. The summed E-state index contributed by atoms with van der Waals surface area (Å²) in [5, 5.41) is 16.5. The Hall–Kier alpha value is -0.610. The molecule has 0 spiro atoms. The van der Waals surface area contributed by atoms with Crippen LogP contribution in [0.25, 0.3) is 0 Å². The van der Waals surface area contributed by atoms with Crippen molar-refractivity contribution in [1.82, 2.24) is 10.6 Å². The Balaban J connectivity index is 2.20. The second-order valence-corrected chi connectivity index (χ2v) is 6.09. The summed E-state index contributed by atoms with van der Waals surface area (Å²) in [6.07, 6.45) is 5.77. The van der Waals surface area contributed by atoms with Gasteiger partial charge in [-0.3, -0.25) is 4.79 Å². The predicted octanol–water partition coefficient (Wildman–Crippen LogP) is 1.82. The number of carbonyl (C=O) groups is 1. The first-order valence-corrected chi connectivity index (χ1v) is 7.71. The lowest BCUT2D eigenvalue weighted by Gasteiger charge is -2.35. The van der Waals surface area contributed by atoms with Crippen LogP contribution in [0, 0.1) is 5.92 Å². The van der Waals surface area contributed by atoms with Crippen LogP contribution in [0.1, 0.15) is 59.3 Å². The third-order valence-corrected chi connectivity index (χ3v) is 4.30. The predicted molar refractivity (Wildman–Crippen MR) is 78.0 cm³/mol. The summed E-state index contributed by atoms with van der Waals surface area (Å²) in [6.45, 7) is 7.21. The summed E-state index contributed by atoms with van der Waals surface area (Å²) in [5.41, 5.74) is -0.609. The summed E-state index contributed by atoms with van der Waals surface area (Å²) < 4.78 is 0. The Bertz CT molecular complexity index is 269. The van der Waals surface area contributed by atoms with E-state index in [2.05, 4.69) is 31.4 Å². The standard InChI is InChI=1S/C15H30N2O2/c1-4-13(5-2)17-14(18)10-16-11-15(19)8-6-12(3)7-9-15/h12-13,16,19H,4-11H2,1-3H3,(H,17,18). The number of hydrogen-bond acceptors (Lipinski definition) is 3. The van der Waals surface area contributed by atoms with Gasteiger partial charge in [-0.2, -0.15) is 0 Å². The van der Waals surface area contributed by atoms with E-state index in [-0.39, 0.29) is 11.9 Å². The summed E-state index contributed by atoms with van der Waals surface area (Å²) in [7, 11) is 0. The quantitative estimate of drug-likeness (QED) is 0.661. The Morgan fingerprint density at radius 1 is 1.32 bits per heavy atom. The van der Waals surface area contributed by atoms with Gasteiger partial charge in [0.25, 0.3) is 0 Å². The van der Waals surface area contributed by atoms with Crippen LogP contribution in [0.5, 0.6) is 0 Å². The van der Waals surface area contributed by atoms with Crippen molar-refractivity contribution >= 4 is 5.91 Å². The number of hydrogen-bond donors (Lipinski definition) is 3. The molecule has 1 aliphatic carbocycles. The van der Waals surface area contributed by atoms with Gasteiger partial charge in [-0.05, 0) is 44.4 Å². The van der Waals surface area contributed by atoms with Crippen molar-refractivity contribution in [3.63, 3.8) is 0 Å². The van der Waals surface area contributed by atoms with Gasteiger partial charge in [-0.15, -0.1) is 0 Å². The summed E-state index contributed by atoms with van der Waals surface area (Å²) >= 11 is 0. The molecule has 1 aliphatic rings. The fourth-order valence-corrected chi connectivity index (χ4v) is 2.66. The van der Waals surface area contributed by atoms with Gasteiger partial charge in [-0.25, -0.2) is 0 Å². The van der Waals surface area contributed by atoms with E-state index in [0.717, 1.165) is 44.4 Å². The molecule has 1 fully saturated rings. The van der Waals surface area contributed by atoms with Crippen molar-refractivity contribution in [2.24, 2.45) is 5.92 Å². The fourth-order valence-electron chi connectivity index (χ4n) is 2.66. The molecule has 1 saturated carbocycles. The molecule has 1 rings (SSSR count). The van der Waals surface area contributed by atoms with Crippen molar-refractivity contribution in [1.29, 1.82) is 0 Å². The minimum absolute atomic E-state index is 0.0291. The van der Waals surface area contributed by atoms with Crippen LogP contribution in [-0.2, 0) is 4.79 Å². The van der Waals surface area contributed by atoms with E-state index < -0.39 is 5.60 Å². The fraction of sp³-hybridized carbons (Fsp3) is 0.933. The van der Waals surface area contributed by atoms with Gasteiger partial charge >= 0.3 is 0 Å². The highest BCUT2D eigenvalue weighted by molar-refractivity contribution is 5.78. The second-order valence-electron chi connectivity index (χ2n) is 6.09. The van der Waals surface area contributed by atoms with Gasteiger partial charge in [0.15, 0.2) is 0 Å². The Labute approximate surface area is 117 Å². The molecule has 4 heteroatoms. The number of nitrogens with one attached hydrogen (secondary N) is 2. The highest BCUT2D eigenvalue weighted by Crippen LogP contribution is 2.31. The molecule has 0 aromatic carbocycles. The molecule has 1 amide bonds. The van der Waals surface area contributed by atoms with E-state index >= 15 is 0 Å². The molecule has 3 N–H and O–H groups in total. The van der Waals surface area contributed by atoms with E-state index in [1.165, 1.54) is 0 Å². The van der Waals surface area contributed by atoms with Crippen LogP contribution in [-0.4, -0.2) is 35.7 Å². The zero-order valence-corrected chi connectivity index (χ0v) is 12.7. The lowest BCUT2D eigenvalue weighted by atomic mass is 9.79. The topological polar surface area (TPSA) is 61.4 Å². The Kier molecular flexibility index (Phi) is 6.80. The van der Waals surface area contributed by atoms with E-state index in [0.29, 0.717) is 13.1 Å². The molecule has 0 aromatic heterocycles. The number of rotatable bonds is 7. The zero-order valence-electron chi connectivity index (χ0n) is 12.7. The highest BCUT2D eigenvalue weighted by atomic mass is 16.3. The van der Waals surface area contributed by atoms with Crippen molar-refractivity contribution < 1.29 is 9.90 Å². The minimum atomic E-state index is -0.609. The molecule has 0 atom stereocenters. The van der Waals surface area contributed by atoms with Crippen molar-refractivity contribution in [2.45, 2.75) is 70.9 Å². The molecule has 0 aromatic rings. The van der Waals surface area contributed by atoms with Crippen molar-refractivity contribution in [2.75, 3.05) is 13.1 Å². The SMILES string of the molecule is CCC(CC)NC(=O)CNCC1(O)CCC(C)CC1. The van der Waals surface area contributed by atoms with Crippen LogP contribution in [0.3, 0.4) is 0 Å². The van der Waals surface area contributed by atoms with Gasteiger partial charge in [-0.1, -0.05) is 20.8 Å². The first-order chi connectivity index (χ1) is 8.99. The molecule has 0 bridgehead atoms. The summed E-state index contributed by atoms with van der Waals surface area (Å²) in [6, 6.07) is 0.271. The molecule has 0 aliphatic heterocycles. The normalized spacial score (nSPS) is 27.5. The molecule has 4 nitrogen and oxygen atoms in total. The molecular weight excluding hydrogens is 240 g/mol. The first kappa shape index (κ1) is 16.4. The van der Waals surface area contributed by atoms with Gasteiger partial charge in [0.1, 0.15) is 0 Å². The highest BCUT2D eigenvalue weighted by Gasteiger charge is 2.31. The molecular formula is C15H30N2O2. The van der Waals surface area contributed by atoms with Gasteiger partial charge in [0.2, 0.25) is 5.91 Å². The lowest BCUT2D eigenvalue weighted by molar-refractivity contribution is -0.121. The summed E-state index contributed by atoms with van der Waals surface area (Å²) in [4.78, 5) is 11.7. The Morgan fingerprint density at radius 2 is 1.89 bits per heavy atom. The van der Waals surface area contributed by atoms with E-state index in [9.17, 15) is 9.90 Å². The third kappa shape index (κ3) is 5.91. The van der Waals surface area contributed by atoms with Crippen LogP contribution in [0.15, 0.2) is 0 Å². The van der Waals surface area contributed by atoms with Crippen molar-refractivity contribution in [3.8, 4) is 0 Å². The molecule has 0 unspecified atom stereocenters. The van der Waals surface area contributed by atoms with Crippen LogP contribution in [0.4, 0.5) is 0 Å². The maximum absolute atomic E-state index is 11.7. The van der Waals surface area contributed by atoms with E-state index in [1.807, 2.05) is 0 Å². The lowest BCUT2D eigenvalue weighted by Crippen LogP contribution is -2.47. The average Bonchev–Trinajstić information content (AvgIpc) is 2.40. The van der Waals surface area contributed by atoms with Crippen LogP contribution < -0.4 is 10.6 Å². The van der Waals surface area contributed by atoms with Crippen molar-refractivity contribution in [3.05, 3.63) is 0 Å². The van der Waals surface area contributed by atoms with Gasteiger partial charge in [0, 0.05) is 12.6 Å².